The Bertz CT molecular complexity index is 384. The number of carboxylic acid groups (broad SMARTS) is 1. The lowest BCUT2D eigenvalue weighted by molar-refractivity contribution is -0.131. The predicted molar refractivity (Wildman–Crippen MR) is 56.5 cm³/mol. The summed E-state index contributed by atoms with van der Waals surface area (Å²) in [5.74, 6) is -0.362. The number of carboxylic acids is 1. The minimum absolute atomic E-state index is 0.471. The minimum atomic E-state index is -0.833. The third kappa shape index (κ3) is 2.43. The molecule has 1 aliphatic carbocycles. The summed E-state index contributed by atoms with van der Waals surface area (Å²) in [5, 5.41) is 8.64. The highest BCUT2D eigenvalue weighted by Gasteiger charge is 2.21. The Morgan fingerprint density at radius 2 is 2.20 bits per heavy atom. The summed E-state index contributed by atoms with van der Waals surface area (Å²) in [6, 6.07) is 4.02. The molecule has 1 fully saturated rings. The van der Waals surface area contributed by atoms with Gasteiger partial charge < -0.3 is 5.11 Å². The largest absolute Gasteiger partial charge is 0.478 e. The van der Waals surface area contributed by atoms with Crippen LogP contribution in [0.3, 0.4) is 0 Å². The Morgan fingerprint density at radius 3 is 2.87 bits per heavy atom. The number of rotatable bonds is 2. The van der Waals surface area contributed by atoms with Crippen molar-refractivity contribution in [3.63, 3.8) is 0 Å². The highest BCUT2D eigenvalue weighted by molar-refractivity contribution is 5.80. The van der Waals surface area contributed by atoms with E-state index in [1.807, 2.05) is 12.1 Å². The monoisotopic (exact) mass is 203 g/mol. The molecule has 78 valence electrons. The lowest BCUT2D eigenvalue weighted by Crippen LogP contribution is -1.93. The van der Waals surface area contributed by atoms with E-state index in [9.17, 15) is 4.79 Å². The van der Waals surface area contributed by atoms with Crippen molar-refractivity contribution in [3.05, 3.63) is 41.7 Å². The standard InChI is InChI=1S/C12H13NO2/c14-12(15)8-9-1-2-11(7-9)10-3-5-13-6-4-10/h3-6,8,11H,1-2,7H2,(H,14,15)/b9-8+. The molecule has 3 nitrogen and oxygen atoms in total. The molecule has 1 unspecified atom stereocenters. The molecule has 3 heteroatoms. The molecule has 1 saturated carbocycles. The van der Waals surface area contributed by atoms with E-state index < -0.39 is 5.97 Å². The van der Waals surface area contributed by atoms with E-state index in [1.54, 1.807) is 12.4 Å². The third-order valence-electron chi connectivity index (χ3n) is 2.83. The first kappa shape index (κ1) is 9.90. The Balaban J connectivity index is 2.08. The van der Waals surface area contributed by atoms with Crippen molar-refractivity contribution in [1.29, 1.82) is 0 Å². The first-order valence-electron chi connectivity index (χ1n) is 5.08. The molecule has 1 aromatic rings. The number of pyridine rings is 1. The van der Waals surface area contributed by atoms with Gasteiger partial charge in [-0.15, -0.1) is 0 Å². The highest BCUT2D eigenvalue weighted by atomic mass is 16.4. The van der Waals surface area contributed by atoms with Gasteiger partial charge in [0.25, 0.3) is 0 Å². The van der Waals surface area contributed by atoms with E-state index in [4.69, 9.17) is 5.11 Å². The number of allylic oxidation sites excluding steroid dienone is 1. The molecule has 15 heavy (non-hydrogen) atoms. The Hall–Kier alpha value is -1.64. The molecule has 0 spiro atoms. The zero-order valence-corrected chi connectivity index (χ0v) is 8.39. The summed E-state index contributed by atoms with van der Waals surface area (Å²) in [5.41, 5.74) is 2.31. The Morgan fingerprint density at radius 1 is 1.47 bits per heavy atom. The summed E-state index contributed by atoms with van der Waals surface area (Å²) in [6.45, 7) is 0. The van der Waals surface area contributed by atoms with Crippen molar-refractivity contribution in [2.75, 3.05) is 0 Å². The molecule has 1 heterocycles. The van der Waals surface area contributed by atoms with Crippen LogP contribution < -0.4 is 0 Å². The second-order valence-corrected chi connectivity index (χ2v) is 3.86. The topological polar surface area (TPSA) is 50.2 Å². The number of carbonyl (C=O) groups is 1. The van der Waals surface area contributed by atoms with Crippen LogP contribution >= 0.6 is 0 Å². The molecular weight excluding hydrogens is 190 g/mol. The van der Waals surface area contributed by atoms with E-state index in [2.05, 4.69) is 4.98 Å². The molecule has 0 aliphatic heterocycles. The van der Waals surface area contributed by atoms with Crippen molar-refractivity contribution >= 4 is 5.97 Å². The smallest absolute Gasteiger partial charge is 0.328 e. The van der Waals surface area contributed by atoms with Gasteiger partial charge >= 0.3 is 5.97 Å². The number of aromatic nitrogens is 1. The second-order valence-electron chi connectivity index (χ2n) is 3.86. The van der Waals surface area contributed by atoms with Gasteiger partial charge in [-0.1, -0.05) is 5.57 Å². The minimum Gasteiger partial charge on any atom is -0.478 e. The molecule has 0 amide bonds. The van der Waals surface area contributed by atoms with Crippen LogP contribution in [0.4, 0.5) is 0 Å². The zero-order chi connectivity index (χ0) is 10.7. The van der Waals surface area contributed by atoms with E-state index >= 15 is 0 Å². The number of hydrogen-bond donors (Lipinski definition) is 1. The van der Waals surface area contributed by atoms with Gasteiger partial charge in [0.2, 0.25) is 0 Å². The van der Waals surface area contributed by atoms with Crippen LogP contribution in [0, 0.1) is 0 Å². The maximum atomic E-state index is 10.5. The average Bonchev–Trinajstić information content (AvgIpc) is 2.67. The number of aliphatic carboxylic acids is 1. The quantitative estimate of drug-likeness (QED) is 0.750. The van der Waals surface area contributed by atoms with Crippen LogP contribution in [0.15, 0.2) is 36.2 Å². The van der Waals surface area contributed by atoms with Gasteiger partial charge in [0.05, 0.1) is 0 Å². The molecule has 1 aliphatic rings. The molecule has 0 aromatic carbocycles. The maximum Gasteiger partial charge on any atom is 0.328 e. The summed E-state index contributed by atoms with van der Waals surface area (Å²) in [7, 11) is 0. The fourth-order valence-corrected chi connectivity index (χ4v) is 2.11. The fourth-order valence-electron chi connectivity index (χ4n) is 2.11. The molecule has 0 bridgehead atoms. The van der Waals surface area contributed by atoms with Crippen molar-refractivity contribution in [3.8, 4) is 0 Å². The van der Waals surface area contributed by atoms with Gasteiger partial charge in [-0.25, -0.2) is 4.79 Å². The van der Waals surface area contributed by atoms with Gasteiger partial charge in [-0.3, -0.25) is 4.98 Å². The lowest BCUT2D eigenvalue weighted by Gasteiger charge is -2.07. The Kier molecular flexibility index (Phi) is 2.81. The summed E-state index contributed by atoms with van der Waals surface area (Å²) in [6.07, 6.45) is 7.74. The number of nitrogens with zero attached hydrogens (tertiary/aromatic N) is 1. The molecule has 0 saturated heterocycles. The molecule has 1 N–H and O–H groups in total. The fraction of sp³-hybridized carbons (Fsp3) is 0.333. The first-order valence-corrected chi connectivity index (χ1v) is 5.08. The van der Waals surface area contributed by atoms with Crippen molar-refractivity contribution in [1.82, 2.24) is 4.98 Å². The van der Waals surface area contributed by atoms with Crippen LogP contribution in [0.5, 0.6) is 0 Å². The van der Waals surface area contributed by atoms with Gasteiger partial charge in [0.1, 0.15) is 0 Å². The van der Waals surface area contributed by atoms with E-state index in [1.165, 1.54) is 11.6 Å². The van der Waals surface area contributed by atoms with Gasteiger partial charge in [-0.2, -0.15) is 0 Å². The summed E-state index contributed by atoms with van der Waals surface area (Å²) < 4.78 is 0. The molecule has 1 atom stereocenters. The van der Waals surface area contributed by atoms with Crippen molar-refractivity contribution in [2.24, 2.45) is 0 Å². The van der Waals surface area contributed by atoms with Gasteiger partial charge in [0.15, 0.2) is 0 Å². The lowest BCUT2D eigenvalue weighted by atomic mass is 9.99. The molecule has 1 aromatic heterocycles. The van der Waals surface area contributed by atoms with E-state index in [-0.39, 0.29) is 0 Å². The van der Waals surface area contributed by atoms with Crippen LogP contribution in [-0.4, -0.2) is 16.1 Å². The van der Waals surface area contributed by atoms with Crippen LogP contribution in [-0.2, 0) is 4.79 Å². The average molecular weight is 203 g/mol. The summed E-state index contributed by atoms with van der Waals surface area (Å²) >= 11 is 0. The van der Waals surface area contributed by atoms with E-state index in [0.717, 1.165) is 24.8 Å². The third-order valence-corrected chi connectivity index (χ3v) is 2.83. The maximum absolute atomic E-state index is 10.5. The highest BCUT2D eigenvalue weighted by Crippen LogP contribution is 2.37. The predicted octanol–water partition coefficient (Wildman–Crippen LogP) is 2.36. The molecule has 0 radical (unpaired) electrons. The van der Waals surface area contributed by atoms with Crippen molar-refractivity contribution < 1.29 is 9.90 Å². The van der Waals surface area contributed by atoms with Gasteiger partial charge in [0, 0.05) is 18.5 Å². The molecule has 2 rings (SSSR count). The zero-order valence-electron chi connectivity index (χ0n) is 8.39. The van der Waals surface area contributed by atoms with E-state index in [0.29, 0.717) is 5.92 Å². The van der Waals surface area contributed by atoms with Crippen LogP contribution in [0.2, 0.25) is 0 Å². The summed E-state index contributed by atoms with van der Waals surface area (Å²) in [4.78, 5) is 14.5. The van der Waals surface area contributed by atoms with Crippen molar-refractivity contribution in [2.45, 2.75) is 25.2 Å². The second kappa shape index (κ2) is 4.26. The number of hydrogen-bond acceptors (Lipinski definition) is 2. The first-order chi connectivity index (χ1) is 7.25. The van der Waals surface area contributed by atoms with Crippen LogP contribution in [0.1, 0.15) is 30.7 Å². The van der Waals surface area contributed by atoms with Gasteiger partial charge in [-0.05, 0) is 42.9 Å². The SMILES string of the molecule is O=C(O)/C=C1\CCC(c2ccncc2)C1. The Labute approximate surface area is 88.5 Å². The van der Waals surface area contributed by atoms with Crippen LogP contribution in [0.25, 0.3) is 0 Å². The normalized spacial score (nSPS) is 23.2. The molecular formula is C12H13NO2.